The van der Waals surface area contributed by atoms with Crippen LogP contribution in [0.15, 0.2) is 18.2 Å². The molecule has 7 heteroatoms. The van der Waals surface area contributed by atoms with Gasteiger partial charge in [-0.1, -0.05) is 18.6 Å². The molecule has 0 bridgehead atoms. The number of methoxy groups -OCH3 is 1. The molecular weight excluding hydrogens is 332 g/mol. The number of fused-ring (bicyclic) bond motifs is 1. The third-order valence-corrected chi connectivity index (χ3v) is 5.00. The van der Waals surface area contributed by atoms with E-state index in [1.54, 1.807) is 18.2 Å². The second kappa shape index (κ2) is 7.56. The highest BCUT2D eigenvalue weighted by atomic mass is 19.3. The highest BCUT2D eigenvalue weighted by Crippen LogP contribution is 2.46. The van der Waals surface area contributed by atoms with E-state index < -0.39 is 12.7 Å². The molecule has 3 rings (SSSR count). The van der Waals surface area contributed by atoms with Gasteiger partial charge >= 0.3 is 6.61 Å². The minimum Gasteiger partial charge on any atom is -0.493 e. The lowest BCUT2D eigenvalue weighted by atomic mass is 9.86. The van der Waals surface area contributed by atoms with Gasteiger partial charge in [-0.05, 0) is 25.3 Å². The zero-order valence-corrected chi connectivity index (χ0v) is 14.3. The van der Waals surface area contributed by atoms with Gasteiger partial charge in [-0.2, -0.15) is 8.78 Å². The fourth-order valence-electron chi connectivity index (χ4n) is 4.05. The zero-order chi connectivity index (χ0) is 18.0. The number of nitrogens with one attached hydrogen (secondary N) is 1. The van der Waals surface area contributed by atoms with E-state index in [1.165, 1.54) is 14.0 Å². The number of para-hydroxylation sites is 1. The molecular formula is C18H23F2NO4. The smallest absolute Gasteiger partial charge is 0.387 e. The molecule has 1 aliphatic heterocycles. The first-order valence-corrected chi connectivity index (χ1v) is 8.54. The summed E-state index contributed by atoms with van der Waals surface area (Å²) in [4.78, 5) is 11.6. The van der Waals surface area contributed by atoms with E-state index in [0.29, 0.717) is 12.0 Å². The number of carbonyl (C=O) groups is 1. The summed E-state index contributed by atoms with van der Waals surface area (Å²) in [6.45, 7) is -1.46. The molecule has 0 unspecified atom stereocenters. The molecule has 0 radical (unpaired) electrons. The molecule has 4 atom stereocenters. The molecule has 1 aromatic rings. The van der Waals surface area contributed by atoms with Gasteiger partial charge in [0.15, 0.2) is 11.5 Å². The molecule has 1 aromatic carbocycles. The van der Waals surface area contributed by atoms with Crippen LogP contribution in [0, 0.1) is 5.92 Å². The van der Waals surface area contributed by atoms with Crippen molar-refractivity contribution in [1.29, 1.82) is 0 Å². The summed E-state index contributed by atoms with van der Waals surface area (Å²) in [6, 6.07) is 4.98. The number of hydrogen-bond acceptors (Lipinski definition) is 4. The largest absolute Gasteiger partial charge is 0.493 e. The Bertz CT molecular complexity index is 625. The molecule has 1 saturated carbocycles. The fraction of sp³-hybridized carbons (Fsp3) is 0.611. The Labute approximate surface area is 145 Å². The van der Waals surface area contributed by atoms with Crippen LogP contribution >= 0.6 is 0 Å². The maximum absolute atomic E-state index is 12.9. The van der Waals surface area contributed by atoms with Gasteiger partial charge in [0.05, 0.1) is 19.3 Å². The van der Waals surface area contributed by atoms with Crippen LogP contribution in [0.5, 0.6) is 11.5 Å². The van der Waals surface area contributed by atoms with Crippen LogP contribution in [0.2, 0.25) is 0 Å². The fourth-order valence-corrected chi connectivity index (χ4v) is 4.05. The van der Waals surface area contributed by atoms with E-state index in [4.69, 9.17) is 14.2 Å². The number of alkyl halides is 2. The van der Waals surface area contributed by atoms with Crippen LogP contribution in [0.4, 0.5) is 8.78 Å². The van der Waals surface area contributed by atoms with Crippen molar-refractivity contribution in [2.45, 2.75) is 57.5 Å². The molecule has 0 spiro atoms. The highest BCUT2D eigenvalue weighted by Gasteiger charge is 2.43. The monoisotopic (exact) mass is 355 g/mol. The Balaban J connectivity index is 1.91. The summed E-state index contributed by atoms with van der Waals surface area (Å²) < 4.78 is 41.8. The van der Waals surface area contributed by atoms with E-state index in [1.807, 2.05) is 0 Å². The Morgan fingerprint density at radius 1 is 1.36 bits per heavy atom. The lowest BCUT2D eigenvalue weighted by Gasteiger charge is -2.39. The first kappa shape index (κ1) is 17.9. The van der Waals surface area contributed by atoms with Crippen molar-refractivity contribution in [3.05, 3.63) is 23.8 Å². The molecule has 1 amide bonds. The summed E-state index contributed by atoms with van der Waals surface area (Å²) in [6.07, 6.45) is 3.05. The Morgan fingerprint density at radius 2 is 2.16 bits per heavy atom. The minimum atomic E-state index is -2.95. The van der Waals surface area contributed by atoms with Crippen molar-refractivity contribution in [3.63, 3.8) is 0 Å². The number of ether oxygens (including phenoxy) is 3. The SMILES string of the molecule is COc1cccc([C@H]2C[C@@H](NC(C)=O)[C@@H]3CCC[C@H]3O2)c1OC(F)F. The molecule has 2 aliphatic rings. The van der Waals surface area contributed by atoms with Gasteiger partial charge in [0.1, 0.15) is 0 Å². The summed E-state index contributed by atoms with van der Waals surface area (Å²) in [7, 11) is 1.41. The Morgan fingerprint density at radius 3 is 2.84 bits per heavy atom. The summed E-state index contributed by atoms with van der Waals surface area (Å²) >= 11 is 0. The highest BCUT2D eigenvalue weighted by molar-refractivity contribution is 5.73. The van der Waals surface area contributed by atoms with Crippen molar-refractivity contribution < 1.29 is 27.8 Å². The quantitative estimate of drug-likeness (QED) is 0.879. The van der Waals surface area contributed by atoms with Crippen molar-refractivity contribution in [1.82, 2.24) is 5.32 Å². The van der Waals surface area contributed by atoms with E-state index in [9.17, 15) is 13.6 Å². The normalized spacial score (nSPS) is 28.5. The average molecular weight is 355 g/mol. The number of halogens is 2. The summed E-state index contributed by atoms with van der Waals surface area (Å²) in [5.41, 5.74) is 0.528. The van der Waals surface area contributed by atoms with Crippen LogP contribution < -0.4 is 14.8 Å². The first-order chi connectivity index (χ1) is 12.0. The second-order valence-electron chi connectivity index (χ2n) is 6.56. The number of rotatable bonds is 5. The molecule has 0 aromatic heterocycles. The van der Waals surface area contributed by atoms with Crippen LogP contribution in [0.3, 0.4) is 0 Å². The molecule has 138 valence electrons. The number of hydrogen-bond donors (Lipinski definition) is 1. The third kappa shape index (κ3) is 3.86. The van der Waals surface area contributed by atoms with Gasteiger partial charge < -0.3 is 19.5 Å². The molecule has 25 heavy (non-hydrogen) atoms. The lowest BCUT2D eigenvalue weighted by Crippen LogP contribution is -2.47. The zero-order valence-electron chi connectivity index (χ0n) is 14.3. The van der Waals surface area contributed by atoms with Crippen LogP contribution in [-0.2, 0) is 9.53 Å². The second-order valence-corrected chi connectivity index (χ2v) is 6.56. The molecule has 1 aliphatic carbocycles. The van der Waals surface area contributed by atoms with Crippen LogP contribution in [-0.4, -0.2) is 31.8 Å². The number of amides is 1. The standard InChI is InChI=1S/C18H23F2NO4/c1-10(22)21-13-9-16(24-14-7-3-5-11(13)14)12-6-4-8-15(23-2)17(12)25-18(19)20/h4,6,8,11,13-14,16,18H,3,5,7,9H2,1-2H3,(H,21,22)/t11-,13+,14+,16+/m0/s1. The van der Waals surface area contributed by atoms with E-state index in [2.05, 4.69) is 5.32 Å². The predicted octanol–water partition coefficient (Wildman–Crippen LogP) is 3.43. The molecule has 2 fully saturated rings. The minimum absolute atomic E-state index is 0.00280. The third-order valence-electron chi connectivity index (χ3n) is 5.00. The van der Waals surface area contributed by atoms with E-state index >= 15 is 0 Å². The first-order valence-electron chi connectivity index (χ1n) is 8.54. The Hall–Kier alpha value is -1.89. The average Bonchev–Trinajstić information content (AvgIpc) is 3.02. The predicted molar refractivity (Wildman–Crippen MR) is 86.8 cm³/mol. The summed E-state index contributed by atoms with van der Waals surface area (Å²) in [5.74, 6) is 0.422. The number of carbonyl (C=O) groups excluding carboxylic acids is 1. The van der Waals surface area contributed by atoms with Gasteiger partial charge in [-0.3, -0.25) is 4.79 Å². The maximum atomic E-state index is 12.9. The summed E-state index contributed by atoms with van der Waals surface area (Å²) in [5, 5.41) is 3.00. The van der Waals surface area contributed by atoms with Gasteiger partial charge in [-0.25, -0.2) is 0 Å². The van der Waals surface area contributed by atoms with Crippen LogP contribution in [0.1, 0.15) is 44.3 Å². The molecule has 1 heterocycles. The molecule has 1 saturated heterocycles. The molecule has 5 nitrogen and oxygen atoms in total. The van der Waals surface area contributed by atoms with Crippen molar-refractivity contribution in [2.75, 3.05) is 7.11 Å². The van der Waals surface area contributed by atoms with Crippen molar-refractivity contribution in [2.24, 2.45) is 5.92 Å². The van der Waals surface area contributed by atoms with E-state index in [-0.39, 0.29) is 35.5 Å². The van der Waals surface area contributed by atoms with Crippen LogP contribution in [0.25, 0.3) is 0 Å². The lowest BCUT2D eigenvalue weighted by molar-refractivity contribution is -0.124. The van der Waals surface area contributed by atoms with Gasteiger partial charge in [0.25, 0.3) is 0 Å². The topological polar surface area (TPSA) is 56.8 Å². The van der Waals surface area contributed by atoms with Gasteiger partial charge in [-0.15, -0.1) is 0 Å². The van der Waals surface area contributed by atoms with Gasteiger partial charge in [0, 0.05) is 24.4 Å². The van der Waals surface area contributed by atoms with E-state index in [0.717, 1.165) is 19.3 Å². The molecule has 1 N–H and O–H groups in total. The number of benzene rings is 1. The van der Waals surface area contributed by atoms with Crippen molar-refractivity contribution >= 4 is 5.91 Å². The Kier molecular flexibility index (Phi) is 5.42. The van der Waals surface area contributed by atoms with Crippen molar-refractivity contribution in [3.8, 4) is 11.5 Å². The van der Waals surface area contributed by atoms with Gasteiger partial charge in [0.2, 0.25) is 5.91 Å². The maximum Gasteiger partial charge on any atom is 0.387 e.